The molecule has 25 heavy (non-hydrogen) atoms. The molecule has 2 heterocycles. The number of likely N-dealkylation sites (tertiary alicyclic amines) is 1. The normalized spacial score (nSPS) is 28.0. The van der Waals surface area contributed by atoms with Crippen LogP contribution in [-0.2, 0) is 0 Å². The fourth-order valence-electron chi connectivity index (χ4n) is 3.27. The third-order valence-corrected chi connectivity index (χ3v) is 6.07. The van der Waals surface area contributed by atoms with E-state index in [0.29, 0.717) is 19.6 Å². The van der Waals surface area contributed by atoms with Crippen LogP contribution < -0.4 is 10.6 Å². The fraction of sp³-hybridized carbons (Fsp3) is 0.938. The molecule has 148 valence electrons. The average Bonchev–Trinajstić information content (AvgIpc) is 3.10. The van der Waals surface area contributed by atoms with Crippen molar-refractivity contribution in [3.8, 4) is 0 Å². The molecule has 2 unspecified atom stereocenters. The molecule has 2 saturated heterocycles. The summed E-state index contributed by atoms with van der Waals surface area (Å²) in [5.41, 5.74) is 0. The maximum Gasteiger partial charge on any atom is 0.401 e. The molecular weight excluding hydrogens is 464 g/mol. The Morgan fingerprint density at radius 2 is 2.12 bits per heavy atom. The summed E-state index contributed by atoms with van der Waals surface area (Å²) in [4.78, 5) is 6.18. The highest BCUT2D eigenvalue weighted by Gasteiger charge is 2.34. The quantitative estimate of drug-likeness (QED) is 0.338. The maximum atomic E-state index is 12.4. The number of halogens is 4. The Morgan fingerprint density at radius 3 is 2.72 bits per heavy atom. The molecule has 0 amide bonds. The highest BCUT2D eigenvalue weighted by Crippen LogP contribution is 2.37. The molecule has 2 fully saturated rings. The summed E-state index contributed by atoms with van der Waals surface area (Å²) in [6.07, 6.45) is -0.865. The summed E-state index contributed by atoms with van der Waals surface area (Å²) in [5.74, 6) is 2.22. The van der Waals surface area contributed by atoms with E-state index in [1.807, 2.05) is 18.7 Å². The Labute approximate surface area is 170 Å². The van der Waals surface area contributed by atoms with Crippen molar-refractivity contribution in [1.82, 2.24) is 15.5 Å². The number of nitrogens with zero attached hydrogens (tertiary/aromatic N) is 2. The highest BCUT2D eigenvalue weighted by molar-refractivity contribution is 14.0. The topological polar surface area (TPSA) is 39.7 Å². The van der Waals surface area contributed by atoms with Crippen molar-refractivity contribution in [3.63, 3.8) is 0 Å². The van der Waals surface area contributed by atoms with E-state index in [9.17, 15) is 13.2 Å². The lowest BCUT2D eigenvalue weighted by Crippen LogP contribution is -2.41. The predicted molar refractivity (Wildman–Crippen MR) is 110 cm³/mol. The molecule has 2 rings (SSSR count). The maximum absolute atomic E-state index is 12.4. The summed E-state index contributed by atoms with van der Waals surface area (Å²) in [6.45, 7) is 6.72. The second kappa shape index (κ2) is 10.4. The highest BCUT2D eigenvalue weighted by atomic mass is 127. The molecule has 2 atom stereocenters. The van der Waals surface area contributed by atoms with E-state index in [1.54, 1.807) is 0 Å². The number of nitrogens with one attached hydrogen (secondary N) is 2. The summed E-state index contributed by atoms with van der Waals surface area (Å²) in [6, 6.07) is 0. The van der Waals surface area contributed by atoms with Crippen LogP contribution in [0.2, 0.25) is 0 Å². The zero-order valence-corrected chi connectivity index (χ0v) is 18.1. The van der Waals surface area contributed by atoms with E-state index < -0.39 is 12.7 Å². The van der Waals surface area contributed by atoms with Crippen molar-refractivity contribution in [2.45, 2.75) is 44.0 Å². The first-order valence-electron chi connectivity index (χ1n) is 8.75. The number of guanidine groups is 1. The van der Waals surface area contributed by atoms with E-state index >= 15 is 0 Å². The van der Waals surface area contributed by atoms with Crippen molar-refractivity contribution < 1.29 is 13.2 Å². The molecule has 9 heteroatoms. The zero-order chi connectivity index (χ0) is 17.6. The van der Waals surface area contributed by atoms with Crippen LogP contribution >= 0.6 is 35.7 Å². The molecule has 0 aromatic rings. The molecular formula is C16H30F3IN4S. The first-order valence-corrected chi connectivity index (χ1v) is 9.73. The van der Waals surface area contributed by atoms with Crippen LogP contribution in [0, 0.1) is 5.92 Å². The Hall–Kier alpha value is 0.1000. The molecule has 2 aliphatic rings. The summed E-state index contributed by atoms with van der Waals surface area (Å²) < 4.78 is 37.6. The third-order valence-electron chi connectivity index (χ3n) is 4.55. The molecule has 4 nitrogen and oxygen atoms in total. The minimum atomic E-state index is -4.10. The van der Waals surface area contributed by atoms with Crippen LogP contribution in [0.1, 0.15) is 33.1 Å². The van der Waals surface area contributed by atoms with Crippen LogP contribution in [-0.4, -0.2) is 66.8 Å². The van der Waals surface area contributed by atoms with Gasteiger partial charge in [-0.05, 0) is 51.3 Å². The van der Waals surface area contributed by atoms with Gasteiger partial charge in [0, 0.05) is 24.4 Å². The lowest BCUT2D eigenvalue weighted by Gasteiger charge is -2.22. The van der Waals surface area contributed by atoms with Crippen LogP contribution in [0.15, 0.2) is 4.99 Å². The first kappa shape index (κ1) is 23.1. The second-order valence-corrected chi connectivity index (χ2v) is 8.67. The van der Waals surface area contributed by atoms with Gasteiger partial charge in [0.05, 0.1) is 13.1 Å². The molecule has 0 radical (unpaired) electrons. The lowest BCUT2D eigenvalue weighted by molar-refractivity contribution is -0.143. The van der Waals surface area contributed by atoms with Crippen LogP contribution in [0.25, 0.3) is 0 Å². The van der Waals surface area contributed by atoms with Crippen LogP contribution in [0.3, 0.4) is 0 Å². The lowest BCUT2D eigenvalue weighted by atomic mass is 10.1. The minimum Gasteiger partial charge on any atom is -0.357 e. The fourth-order valence-corrected chi connectivity index (χ4v) is 4.49. The van der Waals surface area contributed by atoms with Gasteiger partial charge in [-0.2, -0.15) is 24.9 Å². The van der Waals surface area contributed by atoms with E-state index in [-0.39, 0.29) is 34.6 Å². The van der Waals surface area contributed by atoms with Crippen molar-refractivity contribution in [3.05, 3.63) is 0 Å². The van der Waals surface area contributed by atoms with Crippen LogP contribution in [0.4, 0.5) is 13.2 Å². The number of hydrogen-bond acceptors (Lipinski definition) is 3. The van der Waals surface area contributed by atoms with Crippen molar-refractivity contribution in [2.24, 2.45) is 10.9 Å². The zero-order valence-electron chi connectivity index (χ0n) is 15.0. The largest absolute Gasteiger partial charge is 0.401 e. The van der Waals surface area contributed by atoms with Crippen LogP contribution in [0.5, 0.6) is 0 Å². The third kappa shape index (κ3) is 8.55. The van der Waals surface area contributed by atoms with E-state index in [4.69, 9.17) is 0 Å². The summed E-state index contributed by atoms with van der Waals surface area (Å²) >= 11 is 1.98. The smallest absolute Gasteiger partial charge is 0.357 e. The van der Waals surface area contributed by atoms with Gasteiger partial charge in [-0.15, -0.1) is 24.0 Å². The molecule has 0 aromatic carbocycles. The number of alkyl halides is 3. The Morgan fingerprint density at radius 1 is 1.36 bits per heavy atom. The van der Waals surface area contributed by atoms with Crippen molar-refractivity contribution in [1.29, 1.82) is 0 Å². The minimum absolute atomic E-state index is 0. The molecule has 2 N–H and O–H groups in total. The second-order valence-electron chi connectivity index (χ2n) is 6.98. The molecule has 0 aromatic heterocycles. The van der Waals surface area contributed by atoms with Gasteiger partial charge in [0.2, 0.25) is 0 Å². The van der Waals surface area contributed by atoms with E-state index in [0.717, 1.165) is 25.5 Å². The Balaban J connectivity index is 0.00000312. The molecule has 0 spiro atoms. The number of thioether (sulfide) groups is 1. The average molecular weight is 494 g/mol. The van der Waals surface area contributed by atoms with Gasteiger partial charge in [0.15, 0.2) is 5.96 Å². The van der Waals surface area contributed by atoms with Gasteiger partial charge in [-0.3, -0.25) is 9.89 Å². The van der Waals surface area contributed by atoms with Gasteiger partial charge in [0.25, 0.3) is 0 Å². The van der Waals surface area contributed by atoms with Gasteiger partial charge < -0.3 is 10.6 Å². The van der Waals surface area contributed by atoms with Gasteiger partial charge in [0.1, 0.15) is 0 Å². The number of rotatable bonds is 6. The van der Waals surface area contributed by atoms with E-state index in [2.05, 4.69) is 22.5 Å². The molecule has 2 aliphatic heterocycles. The number of hydrogen-bond donors (Lipinski definition) is 2. The molecule has 0 bridgehead atoms. The van der Waals surface area contributed by atoms with Gasteiger partial charge >= 0.3 is 6.18 Å². The molecule has 0 saturated carbocycles. The summed E-state index contributed by atoms with van der Waals surface area (Å²) in [7, 11) is 0. The van der Waals surface area contributed by atoms with Crippen molar-refractivity contribution in [2.75, 3.05) is 45.0 Å². The summed E-state index contributed by atoms with van der Waals surface area (Å²) in [5, 5.41) is 6.54. The van der Waals surface area contributed by atoms with Crippen molar-refractivity contribution >= 4 is 41.7 Å². The Kier molecular flexibility index (Phi) is 9.66. The standard InChI is InChI=1S/C16H29F3N4S.HI/c1-3-20-14(22-11-15(2)6-4-8-24-15)21-9-13-5-7-23(10-13)12-16(17,18)19;/h13H,3-12H2,1-2H3,(H2,20,21,22);1H. The Bertz CT molecular complexity index is 428. The molecule has 0 aliphatic carbocycles. The SMILES string of the molecule is CCNC(=NCC1(C)CCCS1)NCC1CCN(CC(F)(F)F)C1.I. The monoisotopic (exact) mass is 494 g/mol. The predicted octanol–water partition coefficient (Wildman–Crippen LogP) is 3.33. The van der Waals surface area contributed by atoms with Gasteiger partial charge in [-0.25, -0.2) is 0 Å². The first-order chi connectivity index (χ1) is 11.3. The van der Waals surface area contributed by atoms with Gasteiger partial charge in [-0.1, -0.05) is 0 Å². The number of aliphatic imine (C=N–C) groups is 1. The van der Waals surface area contributed by atoms with E-state index in [1.165, 1.54) is 23.5 Å².